The van der Waals surface area contributed by atoms with Crippen LogP contribution in [0.1, 0.15) is 47.9 Å². The minimum Gasteiger partial charge on any atom is -0.451 e. The van der Waals surface area contributed by atoms with Gasteiger partial charge < -0.3 is 14.1 Å². The van der Waals surface area contributed by atoms with E-state index in [4.69, 9.17) is 9.15 Å². The van der Waals surface area contributed by atoms with Crippen LogP contribution in [-0.4, -0.2) is 37.6 Å². The van der Waals surface area contributed by atoms with Crippen molar-refractivity contribution in [1.29, 1.82) is 0 Å². The topological polar surface area (TPSA) is 42.7 Å². The molecule has 130 valence electrons. The number of furan rings is 1. The quantitative estimate of drug-likeness (QED) is 0.826. The molecule has 1 unspecified atom stereocenters. The predicted octanol–water partition coefficient (Wildman–Crippen LogP) is 4.19. The highest BCUT2D eigenvalue weighted by atomic mass is 16.5. The molecule has 0 spiro atoms. The predicted molar refractivity (Wildman–Crippen MR) is 95.4 cm³/mol. The summed E-state index contributed by atoms with van der Waals surface area (Å²) in [6, 6.07) is 6.25. The van der Waals surface area contributed by atoms with Gasteiger partial charge in [0, 0.05) is 31.1 Å². The second-order valence-electron chi connectivity index (χ2n) is 6.85. The monoisotopic (exact) mass is 329 g/mol. The summed E-state index contributed by atoms with van der Waals surface area (Å²) < 4.78 is 11.2. The number of piperidine rings is 1. The molecule has 1 aromatic carbocycles. The minimum absolute atomic E-state index is 0.0153. The number of likely N-dealkylation sites (tertiary alicyclic amines) is 1. The van der Waals surface area contributed by atoms with Crippen molar-refractivity contribution in [3.63, 3.8) is 0 Å². The number of nitrogens with zero attached hydrogens (tertiary/aromatic N) is 1. The van der Waals surface area contributed by atoms with Crippen LogP contribution in [0.3, 0.4) is 0 Å². The Morgan fingerprint density at radius 3 is 3.00 bits per heavy atom. The fourth-order valence-corrected chi connectivity index (χ4v) is 3.68. The molecule has 1 amide bonds. The maximum Gasteiger partial charge on any atom is 0.289 e. The summed E-state index contributed by atoms with van der Waals surface area (Å²) in [6.07, 6.45) is 4.31. The molecule has 0 bridgehead atoms. The molecule has 2 aromatic rings. The standard InChI is InChI=1S/C20H27NO3/c1-4-6-15-8-9-18-17(11-15)14(2)19(24-18)20(22)21-10-5-7-16(12-21)13-23-3/h8-9,11,16H,4-7,10,12-13H2,1-3H3. The number of fused-ring (bicyclic) bond motifs is 1. The van der Waals surface area contributed by atoms with Gasteiger partial charge in [-0.3, -0.25) is 4.79 Å². The molecule has 0 aliphatic carbocycles. The van der Waals surface area contributed by atoms with Crippen LogP contribution in [-0.2, 0) is 11.2 Å². The number of benzene rings is 1. The van der Waals surface area contributed by atoms with Gasteiger partial charge in [-0.1, -0.05) is 19.4 Å². The number of rotatable bonds is 5. The number of carbonyl (C=O) groups excluding carboxylic acids is 1. The third-order valence-corrected chi connectivity index (χ3v) is 4.94. The van der Waals surface area contributed by atoms with E-state index in [2.05, 4.69) is 19.1 Å². The number of hydrogen-bond acceptors (Lipinski definition) is 3. The molecule has 1 atom stereocenters. The molecule has 1 aliphatic rings. The Kier molecular flexibility index (Phi) is 5.24. The van der Waals surface area contributed by atoms with Crippen LogP contribution < -0.4 is 0 Å². The van der Waals surface area contributed by atoms with E-state index in [0.29, 0.717) is 18.3 Å². The van der Waals surface area contributed by atoms with Gasteiger partial charge in [0.2, 0.25) is 0 Å². The fraction of sp³-hybridized carbons (Fsp3) is 0.550. The third-order valence-electron chi connectivity index (χ3n) is 4.94. The first-order valence-electron chi connectivity index (χ1n) is 8.94. The second-order valence-corrected chi connectivity index (χ2v) is 6.85. The maximum atomic E-state index is 12.9. The van der Waals surface area contributed by atoms with E-state index < -0.39 is 0 Å². The van der Waals surface area contributed by atoms with E-state index in [1.54, 1.807) is 7.11 Å². The highest BCUT2D eigenvalue weighted by Gasteiger charge is 2.28. The lowest BCUT2D eigenvalue weighted by Crippen LogP contribution is -2.41. The Labute approximate surface area is 143 Å². The van der Waals surface area contributed by atoms with Gasteiger partial charge in [0.25, 0.3) is 5.91 Å². The molecular formula is C20H27NO3. The molecule has 1 fully saturated rings. The van der Waals surface area contributed by atoms with Crippen LogP contribution in [0.25, 0.3) is 11.0 Å². The lowest BCUT2D eigenvalue weighted by atomic mass is 9.98. The third kappa shape index (κ3) is 3.34. The Morgan fingerprint density at radius 2 is 2.25 bits per heavy atom. The van der Waals surface area contributed by atoms with Gasteiger partial charge in [0.1, 0.15) is 5.58 Å². The number of hydrogen-bond donors (Lipinski definition) is 0. The number of amides is 1. The van der Waals surface area contributed by atoms with E-state index >= 15 is 0 Å². The van der Waals surface area contributed by atoms with Gasteiger partial charge in [0.15, 0.2) is 5.76 Å². The van der Waals surface area contributed by atoms with Crippen molar-refractivity contribution in [2.24, 2.45) is 5.92 Å². The number of aryl methyl sites for hydroxylation is 2. The summed E-state index contributed by atoms with van der Waals surface area (Å²) in [7, 11) is 1.72. The summed E-state index contributed by atoms with van der Waals surface area (Å²) in [5, 5.41) is 1.06. The van der Waals surface area contributed by atoms with Crippen LogP contribution in [0.5, 0.6) is 0 Å². The largest absolute Gasteiger partial charge is 0.451 e. The Morgan fingerprint density at radius 1 is 1.42 bits per heavy atom. The first-order valence-corrected chi connectivity index (χ1v) is 8.94. The average Bonchev–Trinajstić information content (AvgIpc) is 2.92. The SMILES string of the molecule is CCCc1ccc2oc(C(=O)N3CCCC(COC)C3)c(C)c2c1. The minimum atomic E-state index is 0.0153. The fourth-order valence-electron chi connectivity index (χ4n) is 3.68. The molecule has 24 heavy (non-hydrogen) atoms. The van der Waals surface area contributed by atoms with Crippen molar-refractivity contribution >= 4 is 16.9 Å². The van der Waals surface area contributed by atoms with Crippen LogP contribution >= 0.6 is 0 Å². The van der Waals surface area contributed by atoms with Crippen molar-refractivity contribution in [2.45, 2.75) is 39.5 Å². The molecule has 1 aliphatic heterocycles. The molecule has 0 N–H and O–H groups in total. The second kappa shape index (κ2) is 7.39. The van der Waals surface area contributed by atoms with E-state index in [0.717, 1.165) is 55.3 Å². The Bertz CT molecular complexity index is 717. The van der Waals surface area contributed by atoms with Gasteiger partial charge in [-0.15, -0.1) is 0 Å². The molecule has 0 radical (unpaired) electrons. The molecule has 1 aromatic heterocycles. The zero-order valence-corrected chi connectivity index (χ0v) is 14.9. The lowest BCUT2D eigenvalue weighted by molar-refractivity contribution is 0.0544. The van der Waals surface area contributed by atoms with Crippen molar-refractivity contribution in [1.82, 2.24) is 4.90 Å². The maximum absolute atomic E-state index is 12.9. The highest BCUT2D eigenvalue weighted by Crippen LogP contribution is 2.29. The van der Waals surface area contributed by atoms with Crippen LogP contribution in [0, 0.1) is 12.8 Å². The van der Waals surface area contributed by atoms with Crippen LogP contribution in [0.4, 0.5) is 0 Å². The van der Waals surface area contributed by atoms with E-state index in [-0.39, 0.29) is 5.91 Å². The van der Waals surface area contributed by atoms with Crippen molar-refractivity contribution < 1.29 is 13.9 Å². The number of ether oxygens (including phenoxy) is 1. The van der Waals surface area contributed by atoms with E-state index in [9.17, 15) is 4.79 Å². The zero-order valence-electron chi connectivity index (χ0n) is 14.9. The number of methoxy groups -OCH3 is 1. The average molecular weight is 329 g/mol. The normalized spacial score (nSPS) is 18.3. The zero-order chi connectivity index (χ0) is 17.1. The van der Waals surface area contributed by atoms with Gasteiger partial charge in [-0.25, -0.2) is 0 Å². The summed E-state index contributed by atoms with van der Waals surface area (Å²) >= 11 is 0. The summed E-state index contributed by atoms with van der Waals surface area (Å²) in [5.41, 5.74) is 3.06. The van der Waals surface area contributed by atoms with Gasteiger partial charge in [-0.05, 0) is 49.8 Å². The molecule has 3 rings (SSSR count). The molecule has 1 saturated heterocycles. The molecule has 2 heterocycles. The summed E-state index contributed by atoms with van der Waals surface area (Å²) in [6.45, 7) is 6.43. The van der Waals surface area contributed by atoms with Crippen LogP contribution in [0.2, 0.25) is 0 Å². The number of carbonyl (C=O) groups is 1. The molecule has 4 heteroatoms. The summed E-state index contributed by atoms with van der Waals surface area (Å²) in [4.78, 5) is 14.9. The van der Waals surface area contributed by atoms with Crippen LogP contribution in [0.15, 0.2) is 22.6 Å². The van der Waals surface area contributed by atoms with Crippen molar-refractivity contribution in [3.8, 4) is 0 Å². The van der Waals surface area contributed by atoms with Crippen molar-refractivity contribution in [3.05, 3.63) is 35.1 Å². The lowest BCUT2D eigenvalue weighted by Gasteiger charge is -2.32. The Hall–Kier alpha value is -1.81. The van der Waals surface area contributed by atoms with Gasteiger partial charge in [-0.2, -0.15) is 0 Å². The van der Waals surface area contributed by atoms with E-state index in [1.165, 1.54) is 5.56 Å². The van der Waals surface area contributed by atoms with Gasteiger partial charge in [0.05, 0.1) is 6.61 Å². The van der Waals surface area contributed by atoms with Crippen molar-refractivity contribution in [2.75, 3.05) is 26.8 Å². The summed E-state index contributed by atoms with van der Waals surface area (Å²) in [5.74, 6) is 0.937. The molecule has 4 nitrogen and oxygen atoms in total. The Balaban J connectivity index is 1.85. The first-order chi connectivity index (χ1) is 11.6. The first kappa shape index (κ1) is 17.0. The smallest absolute Gasteiger partial charge is 0.289 e. The van der Waals surface area contributed by atoms with Gasteiger partial charge >= 0.3 is 0 Å². The molecule has 0 saturated carbocycles. The highest BCUT2D eigenvalue weighted by molar-refractivity contribution is 5.99. The van der Waals surface area contributed by atoms with E-state index in [1.807, 2.05) is 17.9 Å². The molecular weight excluding hydrogens is 302 g/mol.